The summed E-state index contributed by atoms with van der Waals surface area (Å²) in [4.78, 5) is 24.8. The molecule has 0 fully saturated rings. The van der Waals surface area contributed by atoms with Crippen LogP contribution in [0.4, 0.5) is 0 Å². The van der Waals surface area contributed by atoms with Crippen molar-refractivity contribution in [2.45, 2.75) is 40.5 Å². The van der Waals surface area contributed by atoms with E-state index in [2.05, 4.69) is 0 Å². The molecule has 0 N–H and O–H groups in total. The van der Waals surface area contributed by atoms with E-state index < -0.39 is 17.4 Å². The summed E-state index contributed by atoms with van der Waals surface area (Å²) >= 11 is 0. The van der Waals surface area contributed by atoms with Gasteiger partial charge in [-0.2, -0.15) is 0 Å². The van der Waals surface area contributed by atoms with Crippen molar-refractivity contribution in [2.24, 2.45) is 5.41 Å². The maximum Gasteiger partial charge on any atom is 0.328 e. The summed E-state index contributed by atoms with van der Waals surface area (Å²) in [6.45, 7) is 7.36. The van der Waals surface area contributed by atoms with E-state index in [0.29, 0.717) is 24.3 Å². The van der Waals surface area contributed by atoms with Crippen LogP contribution in [-0.4, -0.2) is 25.7 Å². The maximum atomic E-state index is 12.6. The molecule has 122 valence electrons. The molecule has 0 atom stereocenters. The molecule has 5 heteroatoms. The number of hydrogen-bond acceptors (Lipinski definition) is 5. The highest BCUT2D eigenvalue weighted by atomic mass is 16.6. The zero-order valence-electron chi connectivity index (χ0n) is 13.9. The number of carbonyl (C=O) groups is 2. The van der Waals surface area contributed by atoms with E-state index in [9.17, 15) is 9.59 Å². The Labute approximate surface area is 131 Å². The zero-order chi connectivity index (χ0) is 16.8. The molecule has 0 radical (unpaired) electrons. The fraction of sp³-hybridized carbons (Fsp3) is 0.529. The van der Waals surface area contributed by atoms with Crippen molar-refractivity contribution in [2.75, 3.05) is 13.7 Å². The van der Waals surface area contributed by atoms with Crippen LogP contribution in [0.2, 0.25) is 0 Å². The average Bonchev–Trinajstić information content (AvgIpc) is 2.49. The van der Waals surface area contributed by atoms with Crippen LogP contribution in [0.5, 0.6) is 11.5 Å². The summed E-state index contributed by atoms with van der Waals surface area (Å²) in [5, 5.41) is 0. The highest BCUT2D eigenvalue weighted by Gasteiger charge is 2.46. The second-order valence-electron chi connectivity index (χ2n) is 5.05. The van der Waals surface area contributed by atoms with Crippen LogP contribution >= 0.6 is 0 Å². The van der Waals surface area contributed by atoms with Crippen LogP contribution in [0.1, 0.15) is 39.2 Å². The number of rotatable bonds is 7. The third kappa shape index (κ3) is 3.59. The number of aryl methyl sites for hydroxylation is 1. The highest BCUT2D eigenvalue weighted by molar-refractivity contribution is 6.00. The van der Waals surface area contributed by atoms with Gasteiger partial charge in [0.05, 0.1) is 13.7 Å². The molecule has 0 bridgehead atoms. The van der Waals surface area contributed by atoms with Gasteiger partial charge in [0.15, 0.2) is 16.9 Å². The Balaban J connectivity index is 3.12. The van der Waals surface area contributed by atoms with Crippen molar-refractivity contribution >= 4 is 11.9 Å². The fourth-order valence-corrected chi connectivity index (χ4v) is 2.24. The first-order chi connectivity index (χ1) is 10.4. The first-order valence-corrected chi connectivity index (χ1v) is 7.49. The maximum absolute atomic E-state index is 12.6. The van der Waals surface area contributed by atoms with Gasteiger partial charge in [-0.05, 0) is 44.4 Å². The van der Waals surface area contributed by atoms with Gasteiger partial charge in [-0.3, -0.25) is 9.59 Å². The Bertz CT molecular complexity index is 532. The largest absolute Gasteiger partial charge is 0.493 e. The SMILES string of the molecule is CCOC(=O)C(CC)(CC)C(=O)Oc1cc(C)ccc1OC. The van der Waals surface area contributed by atoms with Gasteiger partial charge in [-0.25, -0.2) is 0 Å². The van der Waals surface area contributed by atoms with Gasteiger partial charge in [-0.15, -0.1) is 0 Å². The highest BCUT2D eigenvalue weighted by Crippen LogP contribution is 2.34. The van der Waals surface area contributed by atoms with Crippen LogP contribution in [-0.2, 0) is 14.3 Å². The number of esters is 2. The van der Waals surface area contributed by atoms with E-state index in [1.807, 2.05) is 13.0 Å². The molecule has 0 heterocycles. The van der Waals surface area contributed by atoms with E-state index in [4.69, 9.17) is 14.2 Å². The van der Waals surface area contributed by atoms with Crippen molar-refractivity contribution in [1.29, 1.82) is 0 Å². The molecule has 1 aromatic carbocycles. The minimum atomic E-state index is -1.29. The van der Waals surface area contributed by atoms with Gasteiger partial charge in [0.25, 0.3) is 0 Å². The third-order valence-corrected chi connectivity index (χ3v) is 3.79. The van der Waals surface area contributed by atoms with Crippen LogP contribution in [0.25, 0.3) is 0 Å². The van der Waals surface area contributed by atoms with Gasteiger partial charge in [0.2, 0.25) is 0 Å². The molecule has 0 amide bonds. The van der Waals surface area contributed by atoms with E-state index in [0.717, 1.165) is 5.56 Å². The number of carbonyl (C=O) groups excluding carboxylic acids is 2. The lowest BCUT2D eigenvalue weighted by molar-refractivity contribution is -0.167. The predicted molar refractivity (Wildman–Crippen MR) is 83.0 cm³/mol. The van der Waals surface area contributed by atoms with Crippen molar-refractivity contribution in [3.05, 3.63) is 23.8 Å². The summed E-state index contributed by atoms with van der Waals surface area (Å²) in [5.74, 6) is -0.400. The lowest BCUT2D eigenvalue weighted by Gasteiger charge is -2.26. The number of ether oxygens (including phenoxy) is 3. The molecule has 0 unspecified atom stereocenters. The Morgan fingerprint density at radius 1 is 1.05 bits per heavy atom. The first kappa shape index (κ1) is 18.0. The number of methoxy groups -OCH3 is 1. The number of hydrogen-bond donors (Lipinski definition) is 0. The third-order valence-electron chi connectivity index (χ3n) is 3.79. The second-order valence-corrected chi connectivity index (χ2v) is 5.05. The monoisotopic (exact) mass is 308 g/mol. The fourth-order valence-electron chi connectivity index (χ4n) is 2.24. The lowest BCUT2D eigenvalue weighted by Crippen LogP contribution is -2.42. The predicted octanol–water partition coefficient (Wildman–Crippen LogP) is 3.28. The summed E-state index contributed by atoms with van der Waals surface area (Å²) in [7, 11) is 1.50. The molecule has 5 nitrogen and oxygen atoms in total. The lowest BCUT2D eigenvalue weighted by atomic mass is 9.82. The van der Waals surface area contributed by atoms with Crippen molar-refractivity contribution < 1.29 is 23.8 Å². The second kappa shape index (κ2) is 7.82. The average molecular weight is 308 g/mol. The summed E-state index contributed by atoms with van der Waals surface area (Å²) in [6, 6.07) is 5.29. The molecule has 0 aliphatic carbocycles. The summed E-state index contributed by atoms with van der Waals surface area (Å²) in [6.07, 6.45) is 0.630. The standard InChI is InChI=1S/C17H24O5/c1-6-17(7-2,15(18)21-8-3)16(19)22-14-11-12(4)9-10-13(14)20-5/h9-11H,6-8H2,1-5H3. The van der Waals surface area contributed by atoms with Crippen molar-refractivity contribution in [1.82, 2.24) is 0 Å². The smallest absolute Gasteiger partial charge is 0.328 e. The van der Waals surface area contributed by atoms with Gasteiger partial charge >= 0.3 is 11.9 Å². The van der Waals surface area contributed by atoms with Gasteiger partial charge in [0.1, 0.15) is 0 Å². The molecule has 22 heavy (non-hydrogen) atoms. The molecular weight excluding hydrogens is 284 g/mol. The Hall–Kier alpha value is -2.04. The van der Waals surface area contributed by atoms with Crippen LogP contribution in [0.15, 0.2) is 18.2 Å². The molecule has 0 spiro atoms. The molecule has 0 aliphatic heterocycles. The molecule has 1 rings (SSSR count). The first-order valence-electron chi connectivity index (χ1n) is 7.49. The van der Waals surface area contributed by atoms with Gasteiger partial charge in [0, 0.05) is 0 Å². The molecule has 0 aliphatic rings. The topological polar surface area (TPSA) is 61.8 Å². The van der Waals surface area contributed by atoms with E-state index in [1.165, 1.54) is 7.11 Å². The Morgan fingerprint density at radius 2 is 1.68 bits per heavy atom. The van der Waals surface area contributed by atoms with Crippen LogP contribution in [0, 0.1) is 12.3 Å². The van der Waals surface area contributed by atoms with E-state index in [1.54, 1.807) is 32.9 Å². The summed E-state index contributed by atoms with van der Waals surface area (Å²) in [5.41, 5.74) is -0.358. The molecule has 0 saturated carbocycles. The van der Waals surface area contributed by atoms with Crippen LogP contribution in [0.3, 0.4) is 0 Å². The minimum absolute atomic E-state index is 0.224. The van der Waals surface area contributed by atoms with E-state index >= 15 is 0 Å². The Morgan fingerprint density at radius 3 is 2.18 bits per heavy atom. The van der Waals surface area contributed by atoms with Gasteiger partial charge in [-0.1, -0.05) is 19.9 Å². The summed E-state index contributed by atoms with van der Waals surface area (Å²) < 4.78 is 15.7. The number of benzene rings is 1. The van der Waals surface area contributed by atoms with E-state index in [-0.39, 0.29) is 6.61 Å². The quantitative estimate of drug-likeness (QED) is 0.439. The zero-order valence-corrected chi connectivity index (χ0v) is 13.9. The molecular formula is C17H24O5. The molecule has 0 aromatic heterocycles. The van der Waals surface area contributed by atoms with Crippen molar-refractivity contribution in [3.63, 3.8) is 0 Å². The van der Waals surface area contributed by atoms with Crippen LogP contribution < -0.4 is 9.47 Å². The normalized spacial score (nSPS) is 11.0. The van der Waals surface area contributed by atoms with Gasteiger partial charge < -0.3 is 14.2 Å². The molecule has 0 saturated heterocycles. The van der Waals surface area contributed by atoms with Crippen molar-refractivity contribution in [3.8, 4) is 11.5 Å². The minimum Gasteiger partial charge on any atom is -0.493 e. The Kier molecular flexibility index (Phi) is 6.40. The molecule has 1 aromatic rings.